The van der Waals surface area contributed by atoms with E-state index in [1.807, 2.05) is 0 Å². The highest BCUT2D eigenvalue weighted by atomic mass is 32.2. The van der Waals surface area contributed by atoms with Crippen molar-refractivity contribution in [2.75, 3.05) is 25.6 Å². The monoisotopic (exact) mass is 357 g/mol. The molecule has 5 nitrogen and oxygen atoms in total. The topological polar surface area (TPSA) is 61.8 Å². The lowest BCUT2D eigenvalue weighted by Gasteiger charge is -2.10. The summed E-state index contributed by atoms with van der Waals surface area (Å²) in [4.78, 5) is 2.90. The van der Waals surface area contributed by atoms with Crippen molar-refractivity contribution in [3.63, 3.8) is 0 Å². The van der Waals surface area contributed by atoms with Gasteiger partial charge >= 0.3 is 0 Å². The van der Waals surface area contributed by atoms with Crippen LogP contribution in [0.25, 0.3) is 0 Å². The highest BCUT2D eigenvalue weighted by Crippen LogP contribution is 2.22. The normalized spacial score (nSPS) is 18.0. The average molecular weight is 357 g/mol. The summed E-state index contributed by atoms with van der Waals surface area (Å²) in [7, 11) is -1.34. The number of hydrazone groups is 1. The van der Waals surface area contributed by atoms with Crippen molar-refractivity contribution in [2.24, 2.45) is 5.10 Å². The molecule has 0 spiro atoms. The zero-order valence-corrected chi connectivity index (χ0v) is 15.2. The van der Waals surface area contributed by atoms with Crippen molar-refractivity contribution in [1.29, 1.82) is 0 Å². The fraction of sp³-hybridized carbons (Fsp3) is 0.316. The Bertz CT molecular complexity index is 831. The van der Waals surface area contributed by atoms with Crippen LogP contribution in [-0.4, -0.2) is 39.2 Å². The van der Waals surface area contributed by atoms with Crippen LogP contribution in [0.2, 0.25) is 0 Å². The second-order valence-electron chi connectivity index (χ2n) is 6.29. The molecule has 132 valence electrons. The molecular weight excluding hydrogens is 334 g/mol. The van der Waals surface area contributed by atoms with E-state index in [0.29, 0.717) is 4.90 Å². The predicted octanol–water partition coefficient (Wildman–Crippen LogP) is 3.40. The van der Waals surface area contributed by atoms with Gasteiger partial charge in [0.2, 0.25) is 9.84 Å². The van der Waals surface area contributed by atoms with Crippen molar-refractivity contribution in [3.05, 3.63) is 54.6 Å². The first-order chi connectivity index (χ1) is 12.1. The minimum Gasteiger partial charge on any atom is -0.306 e. The van der Waals surface area contributed by atoms with Crippen LogP contribution in [0.15, 0.2) is 69.5 Å². The van der Waals surface area contributed by atoms with E-state index in [1.54, 1.807) is 54.6 Å². The second kappa shape index (κ2) is 7.80. The molecule has 6 heteroatoms. The molecule has 1 heterocycles. The minimum absolute atomic E-state index is 0.285. The summed E-state index contributed by atoms with van der Waals surface area (Å²) in [5, 5.41) is 4.49. The van der Waals surface area contributed by atoms with Gasteiger partial charge in [-0.1, -0.05) is 18.2 Å². The number of nitrogens with one attached hydrogen (secondary N) is 1. The zero-order chi connectivity index (χ0) is 17.7. The molecular formula is C19H23N3O2S. The summed E-state index contributed by atoms with van der Waals surface area (Å²) < 4.78 is 25.1. The van der Waals surface area contributed by atoms with Crippen molar-refractivity contribution in [2.45, 2.75) is 29.1 Å². The molecule has 1 N–H and O–H groups in total. The molecule has 0 amide bonds. The third kappa shape index (κ3) is 4.46. The van der Waals surface area contributed by atoms with Gasteiger partial charge in [-0.3, -0.25) is 5.43 Å². The summed E-state index contributed by atoms with van der Waals surface area (Å²) in [5.41, 5.74) is 5.00. The summed E-state index contributed by atoms with van der Waals surface area (Å²) >= 11 is 0. The third-order valence-corrected chi connectivity index (χ3v) is 6.13. The first-order valence-electron chi connectivity index (χ1n) is 8.46. The Morgan fingerprint density at radius 2 is 1.60 bits per heavy atom. The Morgan fingerprint density at radius 3 is 2.32 bits per heavy atom. The molecule has 0 unspecified atom stereocenters. The molecule has 1 aliphatic heterocycles. The molecule has 0 radical (unpaired) electrons. The van der Waals surface area contributed by atoms with E-state index in [1.165, 1.54) is 0 Å². The molecule has 0 bridgehead atoms. The Hall–Kier alpha value is -2.18. The number of sulfone groups is 1. The maximum Gasteiger partial charge on any atom is 0.206 e. The van der Waals surface area contributed by atoms with Gasteiger partial charge in [0.1, 0.15) is 0 Å². The summed E-state index contributed by atoms with van der Waals surface area (Å²) in [6, 6.07) is 15.2. The van der Waals surface area contributed by atoms with Crippen LogP contribution < -0.4 is 5.43 Å². The number of rotatable bonds is 4. The van der Waals surface area contributed by atoms with E-state index in [9.17, 15) is 8.42 Å². The van der Waals surface area contributed by atoms with Crippen molar-refractivity contribution in [3.8, 4) is 0 Å². The van der Waals surface area contributed by atoms with Crippen LogP contribution in [0.3, 0.4) is 0 Å². The lowest BCUT2D eigenvalue weighted by molar-refractivity contribution is 0.352. The Morgan fingerprint density at radius 1 is 0.920 bits per heavy atom. The van der Waals surface area contributed by atoms with E-state index in [2.05, 4.69) is 22.5 Å². The number of hydrogen-bond donors (Lipinski definition) is 1. The van der Waals surface area contributed by atoms with E-state index in [-0.39, 0.29) is 4.90 Å². The number of benzene rings is 2. The first-order valence-corrected chi connectivity index (χ1v) is 9.94. The third-order valence-electron chi connectivity index (χ3n) is 4.35. The van der Waals surface area contributed by atoms with Gasteiger partial charge in [0.05, 0.1) is 15.5 Å². The van der Waals surface area contributed by atoms with Crippen molar-refractivity contribution >= 4 is 21.2 Å². The summed E-state index contributed by atoms with van der Waals surface area (Å²) in [6.45, 7) is 2.12. The predicted molar refractivity (Wildman–Crippen MR) is 101 cm³/mol. The largest absolute Gasteiger partial charge is 0.306 e. The van der Waals surface area contributed by atoms with Crippen LogP contribution in [-0.2, 0) is 9.84 Å². The number of likely N-dealkylation sites (tertiary alicyclic amines) is 1. The summed E-state index contributed by atoms with van der Waals surface area (Å²) in [5.74, 6) is 0. The lowest BCUT2D eigenvalue weighted by Crippen LogP contribution is -2.18. The van der Waals surface area contributed by atoms with E-state index in [0.717, 1.165) is 43.8 Å². The SMILES string of the molecule is CN1CCC/C(=N/Nc2ccc(S(=O)(=O)c3ccccc3)cc2)CC1. The van der Waals surface area contributed by atoms with Crippen LogP contribution in [0.5, 0.6) is 0 Å². The van der Waals surface area contributed by atoms with Gasteiger partial charge in [0.25, 0.3) is 0 Å². The van der Waals surface area contributed by atoms with Crippen molar-refractivity contribution < 1.29 is 8.42 Å². The van der Waals surface area contributed by atoms with E-state index in [4.69, 9.17) is 0 Å². The Labute approximate surface area is 149 Å². The zero-order valence-electron chi connectivity index (χ0n) is 14.4. The quantitative estimate of drug-likeness (QED) is 0.852. The fourth-order valence-corrected chi connectivity index (χ4v) is 4.09. The molecule has 3 rings (SSSR count). The first kappa shape index (κ1) is 17.6. The van der Waals surface area contributed by atoms with Gasteiger partial charge in [-0.25, -0.2) is 8.42 Å². The van der Waals surface area contributed by atoms with Crippen LogP contribution in [0.4, 0.5) is 5.69 Å². The smallest absolute Gasteiger partial charge is 0.206 e. The maximum absolute atomic E-state index is 12.6. The van der Waals surface area contributed by atoms with Crippen LogP contribution in [0, 0.1) is 0 Å². The van der Waals surface area contributed by atoms with Crippen molar-refractivity contribution in [1.82, 2.24) is 4.90 Å². The minimum atomic E-state index is -3.47. The Balaban J connectivity index is 1.70. The molecule has 0 saturated carbocycles. The van der Waals surface area contributed by atoms with Gasteiger partial charge in [-0.15, -0.1) is 0 Å². The lowest BCUT2D eigenvalue weighted by atomic mass is 10.2. The molecule has 1 saturated heterocycles. The molecule has 2 aromatic carbocycles. The highest BCUT2D eigenvalue weighted by molar-refractivity contribution is 7.91. The molecule has 1 aliphatic rings. The Kier molecular flexibility index (Phi) is 5.50. The summed E-state index contributed by atoms with van der Waals surface area (Å²) in [6.07, 6.45) is 3.08. The van der Waals surface area contributed by atoms with E-state index < -0.39 is 9.84 Å². The molecule has 1 fully saturated rings. The van der Waals surface area contributed by atoms with Gasteiger partial charge in [-0.05, 0) is 62.8 Å². The highest BCUT2D eigenvalue weighted by Gasteiger charge is 2.16. The van der Waals surface area contributed by atoms with Gasteiger partial charge in [0.15, 0.2) is 0 Å². The number of nitrogens with zero attached hydrogens (tertiary/aromatic N) is 2. The van der Waals surface area contributed by atoms with Crippen LogP contribution >= 0.6 is 0 Å². The standard InChI is InChI=1S/C19H23N3O2S/c1-22-14-5-6-16(13-15-22)20-21-17-9-11-19(12-10-17)25(23,24)18-7-3-2-4-8-18/h2-4,7-12,21H,5-6,13-15H2,1H3/b20-16-. The maximum atomic E-state index is 12.6. The van der Waals surface area contributed by atoms with E-state index >= 15 is 0 Å². The number of anilines is 1. The van der Waals surface area contributed by atoms with Gasteiger partial charge in [0, 0.05) is 18.7 Å². The van der Waals surface area contributed by atoms with Gasteiger partial charge < -0.3 is 4.90 Å². The molecule has 0 aromatic heterocycles. The molecule has 0 atom stereocenters. The molecule has 0 aliphatic carbocycles. The molecule has 2 aromatic rings. The van der Waals surface area contributed by atoms with Gasteiger partial charge in [-0.2, -0.15) is 5.10 Å². The second-order valence-corrected chi connectivity index (χ2v) is 8.24. The number of hydrogen-bond acceptors (Lipinski definition) is 5. The fourth-order valence-electron chi connectivity index (χ4n) is 2.81. The molecule has 25 heavy (non-hydrogen) atoms. The van der Waals surface area contributed by atoms with Crippen LogP contribution in [0.1, 0.15) is 19.3 Å². The average Bonchev–Trinajstić information content (AvgIpc) is 2.85.